The molecule has 1 aromatic heterocycles. The molecule has 0 aliphatic rings. The van der Waals surface area contributed by atoms with E-state index in [0.717, 1.165) is 12.4 Å². The molecule has 0 aliphatic heterocycles. The van der Waals surface area contributed by atoms with Crippen molar-refractivity contribution in [2.75, 3.05) is 0 Å². The molecule has 0 unspecified atom stereocenters. The third kappa shape index (κ3) is 3.69. The molecule has 0 saturated heterocycles. The van der Waals surface area contributed by atoms with Crippen LogP contribution >= 0.6 is 12.2 Å². The number of nitrogens with two attached hydrogens (primary N) is 1. The summed E-state index contributed by atoms with van der Waals surface area (Å²) in [6.45, 7) is 4.05. The van der Waals surface area contributed by atoms with E-state index in [-0.39, 0.29) is 5.41 Å². The minimum absolute atomic E-state index is 0.348. The highest BCUT2D eigenvalue weighted by molar-refractivity contribution is 7.80. The standard InChI is InChI=1S/C10H14F3N3S/c1-9(2,8(14)17)3-4-16-6-7(5-15-16)10(11,12)13/h5-6H,3-4H2,1-2H3,(H2,14,17). The van der Waals surface area contributed by atoms with Gasteiger partial charge in [-0.25, -0.2) is 0 Å². The third-order valence-corrected chi connectivity index (χ3v) is 3.15. The molecule has 0 aliphatic carbocycles. The smallest absolute Gasteiger partial charge is 0.393 e. The lowest BCUT2D eigenvalue weighted by Gasteiger charge is -2.22. The maximum absolute atomic E-state index is 12.3. The van der Waals surface area contributed by atoms with Gasteiger partial charge in [-0.2, -0.15) is 18.3 Å². The number of hydrogen-bond acceptors (Lipinski definition) is 2. The normalized spacial score (nSPS) is 12.8. The van der Waals surface area contributed by atoms with Crippen molar-refractivity contribution in [2.24, 2.45) is 11.1 Å². The fourth-order valence-corrected chi connectivity index (χ4v) is 1.25. The van der Waals surface area contributed by atoms with E-state index in [9.17, 15) is 13.2 Å². The molecule has 17 heavy (non-hydrogen) atoms. The fourth-order valence-electron chi connectivity index (χ4n) is 1.15. The van der Waals surface area contributed by atoms with Crippen LogP contribution in [0.4, 0.5) is 13.2 Å². The van der Waals surface area contributed by atoms with Gasteiger partial charge in [0.2, 0.25) is 0 Å². The van der Waals surface area contributed by atoms with Crippen molar-refractivity contribution >= 4 is 17.2 Å². The zero-order chi connectivity index (χ0) is 13.3. The van der Waals surface area contributed by atoms with E-state index >= 15 is 0 Å². The van der Waals surface area contributed by atoms with E-state index in [1.165, 1.54) is 4.68 Å². The molecule has 0 spiro atoms. The highest BCUT2D eigenvalue weighted by atomic mass is 32.1. The summed E-state index contributed by atoms with van der Waals surface area (Å²) in [4.78, 5) is 0.348. The summed E-state index contributed by atoms with van der Waals surface area (Å²) in [5, 5.41) is 3.66. The Kier molecular flexibility index (Phi) is 3.81. The second-order valence-electron chi connectivity index (χ2n) is 4.49. The van der Waals surface area contributed by atoms with E-state index in [1.54, 1.807) is 0 Å². The number of hydrogen-bond donors (Lipinski definition) is 1. The Morgan fingerprint density at radius 3 is 2.47 bits per heavy atom. The van der Waals surface area contributed by atoms with Crippen molar-refractivity contribution in [1.29, 1.82) is 0 Å². The minimum Gasteiger partial charge on any atom is -0.393 e. The molecule has 3 nitrogen and oxygen atoms in total. The average molecular weight is 265 g/mol. The third-order valence-electron chi connectivity index (χ3n) is 2.59. The second kappa shape index (κ2) is 4.64. The highest BCUT2D eigenvalue weighted by Crippen LogP contribution is 2.29. The van der Waals surface area contributed by atoms with E-state index in [2.05, 4.69) is 5.10 Å². The largest absolute Gasteiger partial charge is 0.419 e. The topological polar surface area (TPSA) is 43.8 Å². The quantitative estimate of drug-likeness (QED) is 0.851. The number of aromatic nitrogens is 2. The van der Waals surface area contributed by atoms with Crippen LogP contribution in [0.15, 0.2) is 12.4 Å². The van der Waals surface area contributed by atoms with Crippen molar-refractivity contribution < 1.29 is 13.2 Å². The number of thiocarbonyl (C=S) groups is 1. The van der Waals surface area contributed by atoms with Gasteiger partial charge >= 0.3 is 6.18 Å². The summed E-state index contributed by atoms with van der Waals surface area (Å²) in [7, 11) is 0. The first-order valence-electron chi connectivity index (χ1n) is 5.02. The number of rotatable bonds is 4. The Bertz CT molecular complexity index is 409. The maximum Gasteiger partial charge on any atom is 0.419 e. The zero-order valence-corrected chi connectivity index (χ0v) is 10.4. The minimum atomic E-state index is -4.35. The van der Waals surface area contributed by atoms with E-state index < -0.39 is 11.7 Å². The summed E-state index contributed by atoms with van der Waals surface area (Å²) in [6.07, 6.45) is -2.01. The molecule has 7 heteroatoms. The molecule has 0 fully saturated rings. The van der Waals surface area contributed by atoms with Crippen LogP contribution in [-0.2, 0) is 12.7 Å². The number of halogens is 3. The van der Waals surface area contributed by atoms with E-state index in [4.69, 9.17) is 18.0 Å². The Balaban J connectivity index is 2.66. The first kappa shape index (κ1) is 14.0. The molecule has 0 bridgehead atoms. The van der Waals surface area contributed by atoms with Crippen LogP contribution in [0.2, 0.25) is 0 Å². The molecular formula is C10H14F3N3S. The highest BCUT2D eigenvalue weighted by Gasteiger charge is 2.32. The SMILES string of the molecule is CC(C)(CCn1cc(C(F)(F)F)cn1)C(N)=S. The van der Waals surface area contributed by atoms with Crippen LogP contribution < -0.4 is 5.73 Å². The predicted octanol–water partition coefficient (Wildman–Crippen LogP) is 2.60. The monoisotopic (exact) mass is 265 g/mol. The summed E-state index contributed by atoms with van der Waals surface area (Å²) < 4.78 is 38.2. The van der Waals surface area contributed by atoms with Crippen molar-refractivity contribution in [3.05, 3.63) is 18.0 Å². The lowest BCUT2D eigenvalue weighted by atomic mass is 9.89. The van der Waals surface area contributed by atoms with Crippen molar-refractivity contribution in [3.63, 3.8) is 0 Å². The van der Waals surface area contributed by atoms with Crippen LogP contribution in [0.5, 0.6) is 0 Å². The van der Waals surface area contributed by atoms with Gasteiger partial charge in [0.25, 0.3) is 0 Å². The van der Waals surface area contributed by atoms with Crippen LogP contribution in [-0.4, -0.2) is 14.8 Å². The molecule has 0 aromatic carbocycles. The Morgan fingerprint density at radius 1 is 1.47 bits per heavy atom. The molecule has 0 atom stereocenters. The van der Waals surface area contributed by atoms with Gasteiger partial charge in [-0.05, 0) is 6.42 Å². The molecule has 0 saturated carbocycles. The summed E-state index contributed by atoms with van der Waals surface area (Å²) in [5.74, 6) is 0. The van der Waals surface area contributed by atoms with Gasteiger partial charge < -0.3 is 5.73 Å². The second-order valence-corrected chi connectivity index (χ2v) is 4.93. The first-order chi connectivity index (χ1) is 7.63. The van der Waals surface area contributed by atoms with Gasteiger partial charge in [0.15, 0.2) is 0 Å². The van der Waals surface area contributed by atoms with Gasteiger partial charge in [-0.1, -0.05) is 26.1 Å². The number of aryl methyl sites for hydroxylation is 1. The molecule has 0 amide bonds. The van der Waals surface area contributed by atoms with Crippen molar-refractivity contribution in [1.82, 2.24) is 9.78 Å². The lowest BCUT2D eigenvalue weighted by Crippen LogP contribution is -2.30. The van der Waals surface area contributed by atoms with Gasteiger partial charge in [0, 0.05) is 18.2 Å². The molecule has 1 rings (SSSR count). The lowest BCUT2D eigenvalue weighted by molar-refractivity contribution is -0.137. The van der Waals surface area contributed by atoms with E-state index in [1.807, 2.05) is 13.8 Å². The molecule has 1 heterocycles. The average Bonchev–Trinajstić information content (AvgIpc) is 2.62. The predicted molar refractivity (Wildman–Crippen MR) is 62.4 cm³/mol. The molecule has 96 valence electrons. The molecular weight excluding hydrogens is 251 g/mol. The molecule has 1 aromatic rings. The Labute approximate surface area is 103 Å². The maximum atomic E-state index is 12.3. The molecule has 0 radical (unpaired) electrons. The van der Waals surface area contributed by atoms with Gasteiger partial charge in [0.05, 0.1) is 16.7 Å². The molecule has 2 N–H and O–H groups in total. The number of nitrogens with zero attached hydrogens (tertiary/aromatic N) is 2. The Hall–Kier alpha value is -1.11. The van der Waals surface area contributed by atoms with Crippen LogP contribution in [0.25, 0.3) is 0 Å². The van der Waals surface area contributed by atoms with Crippen molar-refractivity contribution in [3.8, 4) is 0 Å². The Morgan fingerprint density at radius 2 is 2.06 bits per heavy atom. The van der Waals surface area contributed by atoms with Gasteiger partial charge in [-0.15, -0.1) is 0 Å². The van der Waals surface area contributed by atoms with Crippen molar-refractivity contribution in [2.45, 2.75) is 33.0 Å². The summed E-state index contributed by atoms with van der Waals surface area (Å²) >= 11 is 4.88. The first-order valence-corrected chi connectivity index (χ1v) is 5.43. The van der Waals surface area contributed by atoms with Crippen LogP contribution in [0.3, 0.4) is 0 Å². The van der Waals surface area contributed by atoms with E-state index in [0.29, 0.717) is 18.0 Å². The van der Waals surface area contributed by atoms with Crippen LogP contribution in [0.1, 0.15) is 25.8 Å². The summed E-state index contributed by atoms with van der Waals surface area (Å²) in [6, 6.07) is 0. The zero-order valence-electron chi connectivity index (χ0n) is 9.58. The fraction of sp³-hybridized carbons (Fsp3) is 0.600. The van der Waals surface area contributed by atoms with Gasteiger partial charge in [-0.3, -0.25) is 4.68 Å². The summed E-state index contributed by atoms with van der Waals surface area (Å²) in [5.41, 5.74) is 4.40. The number of alkyl halides is 3. The van der Waals surface area contributed by atoms with Gasteiger partial charge in [0.1, 0.15) is 0 Å². The van der Waals surface area contributed by atoms with Crippen LogP contribution in [0, 0.1) is 5.41 Å².